The number of hydrogen-bond donors (Lipinski definition) is 0. The molecule has 0 bridgehead atoms. The van der Waals surface area contributed by atoms with Gasteiger partial charge in [0.25, 0.3) is 0 Å². The average molecular weight is 212 g/mol. The third kappa shape index (κ3) is 2.33. The van der Waals surface area contributed by atoms with Gasteiger partial charge in [0.15, 0.2) is 0 Å². The zero-order valence-electron chi connectivity index (χ0n) is 7.95. The van der Waals surface area contributed by atoms with Crippen LogP contribution >= 0.6 is 11.6 Å². The maximum absolute atomic E-state index is 11.2. The number of benzene rings is 1. The van der Waals surface area contributed by atoms with Crippen LogP contribution in [0.15, 0.2) is 29.3 Å². The van der Waals surface area contributed by atoms with Gasteiger partial charge in [-0.2, -0.15) is 0 Å². The molecule has 0 spiro atoms. The predicted molar refractivity (Wildman–Crippen MR) is 56.1 cm³/mol. The Balaban J connectivity index is 3.07. The van der Waals surface area contributed by atoms with E-state index in [2.05, 4.69) is 9.73 Å². The van der Waals surface area contributed by atoms with E-state index in [-0.39, 0.29) is 5.97 Å². The maximum atomic E-state index is 11.2. The van der Waals surface area contributed by atoms with Gasteiger partial charge in [0.2, 0.25) is 0 Å². The molecule has 0 saturated heterocycles. The number of methoxy groups -OCH3 is 1. The van der Waals surface area contributed by atoms with Crippen LogP contribution in [-0.2, 0) is 4.74 Å². The Morgan fingerprint density at radius 2 is 2.07 bits per heavy atom. The number of ether oxygens (including phenoxy) is 1. The Hall–Kier alpha value is -1.35. The molecular weight excluding hydrogens is 202 g/mol. The van der Waals surface area contributed by atoms with E-state index >= 15 is 0 Å². The standard InChI is InChI=1S/C10H10ClNO2/c1-12-9(11)7-4-3-5-8(6-7)10(13)14-2/h3-6H,1-2H3. The first-order valence-corrected chi connectivity index (χ1v) is 4.38. The van der Waals surface area contributed by atoms with Crippen molar-refractivity contribution in [2.75, 3.05) is 14.2 Å². The number of nitrogens with zero attached hydrogens (tertiary/aromatic N) is 1. The van der Waals surface area contributed by atoms with Crippen molar-refractivity contribution in [3.05, 3.63) is 35.4 Å². The molecular formula is C10H10ClNO2. The van der Waals surface area contributed by atoms with Crippen LogP contribution in [0.1, 0.15) is 15.9 Å². The largest absolute Gasteiger partial charge is 0.465 e. The van der Waals surface area contributed by atoms with Gasteiger partial charge in [0.1, 0.15) is 5.17 Å². The second-order valence-corrected chi connectivity index (χ2v) is 2.94. The minimum Gasteiger partial charge on any atom is -0.465 e. The van der Waals surface area contributed by atoms with Gasteiger partial charge in [0, 0.05) is 12.6 Å². The second-order valence-electron chi connectivity index (χ2n) is 2.59. The third-order valence-electron chi connectivity index (χ3n) is 1.72. The monoisotopic (exact) mass is 211 g/mol. The molecule has 0 unspecified atom stereocenters. The molecule has 1 aromatic rings. The normalized spacial score (nSPS) is 11.2. The van der Waals surface area contributed by atoms with Gasteiger partial charge in [0.05, 0.1) is 12.7 Å². The van der Waals surface area contributed by atoms with Crippen molar-refractivity contribution >= 4 is 22.7 Å². The molecule has 1 aromatic carbocycles. The van der Waals surface area contributed by atoms with Gasteiger partial charge in [-0.25, -0.2) is 4.79 Å². The first-order chi connectivity index (χ1) is 6.69. The van der Waals surface area contributed by atoms with Crippen molar-refractivity contribution < 1.29 is 9.53 Å². The van der Waals surface area contributed by atoms with Crippen LogP contribution in [0.5, 0.6) is 0 Å². The van der Waals surface area contributed by atoms with E-state index in [9.17, 15) is 4.79 Å². The van der Waals surface area contributed by atoms with Gasteiger partial charge in [-0.1, -0.05) is 23.7 Å². The molecule has 0 saturated carbocycles. The summed E-state index contributed by atoms with van der Waals surface area (Å²) in [5, 5.41) is 0.371. The minimum absolute atomic E-state index is 0.371. The molecule has 0 atom stereocenters. The lowest BCUT2D eigenvalue weighted by Crippen LogP contribution is -2.02. The Bertz CT molecular complexity index is 374. The van der Waals surface area contributed by atoms with Gasteiger partial charge in [-0.15, -0.1) is 0 Å². The molecule has 0 amide bonds. The highest BCUT2D eigenvalue weighted by Crippen LogP contribution is 2.09. The van der Waals surface area contributed by atoms with E-state index in [0.29, 0.717) is 16.3 Å². The lowest BCUT2D eigenvalue weighted by atomic mass is 10.1. The van der Waals surface area contributed by atoms with Crippen molar-refractivity contribution in [1.82, 2.24) is 0 Å². The number of carbonyl (C=O) groups excluding carboxylic acids is 1. The van der Waals surface area contributed by atoms with Gasteiger partial charge < -0.3 is 4.74 Å². The topological polar surface area (TPSA) is 38.7 Å². The Morgan fingerprint density at radius 3 is 2.64 bits per heavy atom. The molecule has 3 nitrogen and oxygen atoms in total. The van der Waals surface area contributed by atoms with Crippen LogP contribution in [0.3, 0.4) is 0 Å². The van der Waals surface area contributed by atoms with Gasteiger partial charge in [-0.3, -0.25) is 4.99 Å². The molecule has 0 radical (unpaired) electrons. The maximum Gasteiger partial charge on any atom is 0.337 e. The quantitative estimate of drug-likeness (QED) is 0.555. The first kappa shape index (κ1) is 10.7. The van der Waals surface area contributed by atoms with E-state index in [1.165, 1.54) is 7.11 Å². The molecule has 0 heterocycles. The molecule has 0 aliphatic rings. The Kier molecular flexibility index (Phi) is 3.65. The highest BCUT2D eigenvalue weighted by Gasteiger charge is 2.06. The number of halogens is 1. The summed E-state index contributed by atoms with van der Waals surface area (Å²) >= 11 is 5.81. The molecule has 4 heteroatoms. The smallest absolute Gasteiger partial charge is 0.337 e. The summed E-state index contributed by atoms with van der Waals surface area (Å²) in [6.45, 7) is 0. The fourth-order valence-corrected chi connectivity index (χ4v) is 1.14. The Labute approximate surface area is 87.4 Å². The van der Waals surface area contributed by atoms with E-state index < -0.39 is 0 Å². The molecule has 0 aliphatic carbocycles. The van der Waals surface area contributed by atoms with Crippen molar-refractivity contribution in [2.24, 2.45) is 4.99 Å². The highest BCUT2D eigenvalue weighted by atomic mass is 35.5. The van der Waals surface area contributed by atoms with Crippen molar-refractivity contribution in [2.45, 2.75) is 0 Å². The summed E-state index contributed by atoms with van der Waals surface area (Å²) in [5.74, 6) is -0.382. The van der Waals surface area contributed by atoms with Gasteiger partial charge in [-0.05, 0) is 12.1 Å². The number of esters is 1. The fraction of sp³-hybridized carbons (Fsp3) is 0.200. The van der Waals surface area contributed by atoms with Crippen LogP contribution in [0, 0.1) is 0 Å². The molecule has 74 valence electrons. The van der Waals surface area contributed by atoms with E-state index in [4.69, 9.17) is 11.6 Å². The van der Waals surface area contributed by atoms with E-state index in [1.54, 1.807) is 31.3 Å². The highest BCUT2D eigenvalue weighted by molar-refractivity contribution is 6.69. The summed E-state index contributed by atoms with van der Waals surface area (Å²) in [6, 6.07) is 6.81. The zero-order valence-corrected chi connectivity index (χ0v) is 8.71. The Morgan fingerprint density at radius 1 is 1.43 bits per heavy atom. The molecule has 14 heavy (non-hydrogen) atoms. The third-order valence-corrected chi connectivity index (χ3v) is 2.11. The van der Waals surface area contributed by atoms with E-state index in [0.717, 1.165) is 0 Å². The summed E-state index contributed by atoms with van der Waals surface area (Å²) < 4.78 is 4.58. The summed E-state index contributed by atoms with van der Waals surface area (Å²) in [5.41, 5.74) is 1.17. The summed E-state index contributed by atoms with van der Waals surface area (Å²) in [6.07, 6.45) is 0. The van der Waals surface area contributed by atoms with E-state index in [1.807, 2.05) is 0 Å². The molecule has 0 fully saturated rings. The molecule has 0 N–H and O–H groups in total. The van der Waals surface area contributed by atoms with Gasteiger partial charge >= 0.3 is 5.97 Å². The number of hydrogen-bond acceptors (Lipinski definition) is 3. The lowest BCUT2D eigenvalue weighted by Gasteiger charge is -2.01. The van der Waals surface area contributed by atoms with Crippen molar-refractivity contribution in [3.8, 4) is 0 Å². The second kappa shape index (κ2) is 4.77. The van der Waals surface area contributed by atoms with Crippen molar-refractivity contribution in [1.29, 1.82) is 0 Å². The SMILES string of the molecule is CN=C(Cl)c1cccc(C(=O)OC)c1. The van der Waals surface area contributed by atoms with Crippen LogP contribution in [0.2, 0.25) is 0 Å². The predicted octanol–water partition coefficient (Wildman–Crippen LogP) is 2.09. The molecule has 0 aliphatic heterocycles. The fourth-order valence-electron chi connectivity index (χ4n) is 1.02. The van der Waals surface area contributed by atoms with Crippen LogP contribution in [0.25, 0.3) is 0 Å². The summed E-state index contributed by atoms with van der Waals surface area (Å²) in [7, 11) is 2.93. The van der Waals surface area contributed by atoms with Crippen LogP contribution in [0.4, 0.5) is 0 Å². The zero-order chi connectivity index (χ0) is 10.6. The first-order valence-electron chi connectivity index (χ1n) is 4.00. The average Bonchev–Trinajstić information content (AvgIpc) is 2.27. The van der Waals surface area contributed by atoms with Crippen LogP contribution in [-0.4, -0.2) is 25.3 Å². The number of aliphatic imine (C=N–C) groups is 1. The number of carbonyl (C=O) groups is 1. The lowest BCUT2D eigenvalue weighted by molar-refractivity contribution is 0.0600. The number of rotatable bonds is 2. The van der Waals surface area contributed by atoms with Crippen molar-refractivity contribution in [3.63, 3.8) is 0 Å². The molecule has 0 aromatic heterocycles. The molecule has 1 rings (SSSR count). The summed E-state index contributed by atoms with van der Waals surface area (Å²) in [4.78, 5) is 15.0. The minimum atomic E-state index is -0.382. The van der Waals surface area contributed by atoms with Crippen LogP contribution < -0.4 is 0 Å².